The molecule has 10 heteroatoms. The van der Waals surface area contributed by atoms with Gasteiger partial charge in [0.2, 0.25) is 0 Å². The molecule has 2 aromatic heterocycles. The predicted molar refractivity (Wildman–Crippen MR) is 183 cm³/mol. The lowest BCUT2D eigenvalue weighted by molar-refractivity contribution is -0.166. The minimum Gasteiger partial charge on any atom is -0.464 e. The molecular weight excluding hydrogens is 588 g/mol. The number of hydrogen-bond acceptors (Lipinski definition) is 8. The van der Waals surface area contributed by atoms with E-state index in [4.69, 9.17) is 29.0 Å². The summed E-state index contributed by atoms with van der Waals surface area (Å²) >= 11 is 0. The van der Waals surface area contributed by atoms with Gasteiger partial charge in [-0.15, -0.1) is 13.2 Å². The summed E-state index contributed by atoms with van der Waals surface area (Å²) in [4.78, 5) is 20.6. The molecular formula is C35H50N4O5S. The highest BCUT2D eigenvalue weighted by Crippen LogP contribution is 2.38. The third-order valence-corrected chi connectivity index (χ3v) is 7.65. The van der Waals surface area contributed by atoms with Crippen LogP contribution in [-0.4, -0.2) is 58.1 Å². The molecule has 0 spiro atoms. The number of nitrogens with zero attached hydrogens (tertiary/aromatic N) is 4. The summed E-state index contributed by atoms with van der Waals surface area (Å²) in [7, 11) is 0. The van der Waals surface area contributed by atoms with E-state index in [1.807, 2.05) is 50.4 Å². The lowest BCUT2D eigenvalue weighted by Crippen LogP contribution is -2.45. The molecule has 1 aromatic carbocycles. The normalized spacial score (nSPS) is 15.4. The molecule has 0 bridgehead atoms. The number of aryl methyl sites for hydroxylation is 1. The SMILES string of the molecule is C=CCOC1(C)CCN(c2c([C@H](OC(C)(C)C)C(=O)OCC)c(C)nc3cc(COCc4cccc(CC=C)c4)nn23)CC1.S. The largest absolute Gasteiger partial charge is 0.464 e. The zero-order chi connectivity index (χ0) is 31.9. The first-order chi connectivity index (χ1) is 21.0. The van der Waals surface area contributed by atoms with Crippen molar-refractivity contribution in [2.45, 2.75) is 91.3 Å². The molecule has 45 heavy (non-hydrogen) atoms. The van der Waals surface area contributed by atoms with Crippen molar-refractivity contribution in [3.8, 4) is 0 Å². The molecule has 0 saturated carbocycles. The van der Waals surface area contributed by atoms with Crippen molar-refractivity contribution >= 4 is 30.9 Å². The van der Waals surface area contributed by atoms with Crippen LogP contribution in [0.4, 0.5) is 5.82 Å². The maximum absolute atomic E-state index is 13.4. The van der Waals surface area contributed by atoms with Crippen LogP contribution in [0, 0.1) is 6.92 Å². The number of aromatic nitrogens is 3. The summed E-state index contributed by atoms with van der Waals surface area (Å²) in [6, 6.07) is 10.3. The molecule has 1 atom stereocenters. The summed E-state index contributed by atoms with van der Waals surface area (Å²) in [5, 5.41) is 4.96. The van der Waals surface area contributed by atoms with Gasteiger partial charge in [-0.3, -0.25) is 0 Å². The van der Waals surface area contributed by atoms with Crippen molar-refractivity contribution in [1.82, 2.24) is 14.6 Å². The van der Waals surface area contributed by atoms with Crippen molar-refractivity contribution in [3.05, 3.63) is 83.7 Å². The number of ether oxygens (including phenoxy) is 4. The number of anilines is 1. The van der Waals surface area contributed by atoms with Crippen LogP contribution in [0.5, 0.6) is 0 Å². The van der Waals surface area contributed by atoms with Crippen LogP contribution in [0.15, 0.2) is 55.6 Å². The molecule has 0 unspecified atom stereocenters. The minimum absolute atomic E-state index is 0. The van der Waals surface area contributed by atoms with Gasteiger partial charge in [-0.05, 0) is 71.9 Å². The van der Waals surface area contributed by atoms with E-state index in [9.17, 15) is 4.79 Å². The Morgan fingerprint density at radius 2 is 1.82 bits per heavy atom. The quantitative estimate of drug-likeness (QED) is 0.145. The zero-order valence-electron chi connectivity index (χ0n) is 27.7. The Balaban J connectivity index is 0.00000552. The third kappa shape index (κ3) is 9.42. The number of fused-ring (bicyclic) bond motifs is 1. The van der Waals surface area contributed by atoms with Gasteiger partial charge in [0, 0.05) is 24.8 Å². The fourth-order valence-electron chi connectivity index (χ4n) is 5.52. The Kier molecular flexibility index (Phi) is 12.8. The highest BCUT2D eigenvalue weighted by Gasteiger charge is 2.38. The van der Waals surface area contributed by atoms with E-state index in [-0.39, 0.29) is 25.7 Å². The first-order valence-electron chi connectivity index (χ1n) is 15.5. The van der Waals surface area contributed by atoms with Crippen LogP contribution in [0.25, 0.3) is 5.65 Å². The van der Waals surface area contributed by atoms with Gasteiger partial charge in [-0.2, -0.15) is 23.1 Å². The fraction of sp³-hybridized carbons (Fsp3) is 0.514. The van der Waals surface area contributed by atoms with E-state index in [2.05, 4.69) is 43.2 Å². The second-order valence-corrected chi connectivity index (χ2v) is 12.5. The van der Waals surface area contributed by atoms with Crippen LogP contribution in [0.2, 0.25) is 0 Å². The second-order valence-electron chi connectivity index (χ2n) is 12.5. The molecule has 0 radical (unpaired) electrons. The number of benzene rings is 1. The average Bonchev–Trinajstić information content (AvgIpc) is 3.37. The number of carbonyl (C=O) groups is 1. The summed E-state index contributed by atoms with van der Waals surface area (Å²) < 4.78 is 26.0. The van der Waals surface area contributed by atoms with Gasteiger partial charge in [0.05, 0.1) is 48.9 Å². The van der Waals surface area contributed by atoms with Crippen molar-refractivity contribution < 1.29 is 23.7 Å². The van der Waals surface area contributed by atoms with Crippen LogP contribution < -0.4 is 4.90 Å². The van der Waals surface area contributed by atoms with E-state index < -0.39 is 17.7 Å². The van der Waals surface area contributed by atoms with Crippen molar-refractivity contribution in [2.24, 2.45) is 0 Å². The second kappa shape index (κ2) is 15.9. The monoisotopic (exact) mass is 638 g/mol. The Bertz CT molecular complexity index is 1460. The number of allylic oxidation sites excluding steroid dienone is 1. The zero-order valence-corrected chi connectivity index (χ0v) is 28.7. The highest BCUT2D eigenvalue weighted by molar-refractivity contribution is 7.59. The first-order valence-corrected chi connectivity index (χ1v) is 15.5. The van der Waals surface area contributed by atoms with Gasteiger partial charge in [-0.1, -0.05) is 36.4 Å². The summed E-state index contributed by atoms with van der Waals surface area (Å²) in [6.07, 6.45) is 5.13. The molecule has 3 aromatic rings. The van der Waals surface area contributed by atoms with E-state index in [0.29, 0.717) is 49.8 Å². The van der Waals surface area contributed by atoms with Gasteiger partial charge in [-0.25, -0.2) is 9.78 Å². The number of piperidine rings is 1. The third-order valence-electron chi connectivity index (χ3n) is 7.65. The Hall–Kier alpha value is -3.18. The Morgan fingerprint density at radius 3 is 2.47 bits per heavy atom. The molecule has 4 rings (SSSR count). The van der Waals surface area contributed by atoms with E-state index in [1.54, 1.807) is 13.0 Å². The smallest absolute Gasteiger partial charge is 0.340 e. The highest BCUT2D eigenvalue weighted by atomic mass is 32.1. The lowest BCUT2D eigenvalue weighted by atomic mass is 9.92. The number of esters is 1. The van der Waals surface area contributed by atoms with Crippen molar-refractivity contribution in [3.63, 3.8) is 0 Å². The number of rotatable bonds is 14. The molecule has 3 heterocycles. The minimum atomic E-state index is -0.973. The maximum Gasteiger partial charge on any atom is 0.340 e. The van der Waals surface area contributed by atoms with Gasteiger partial charge in [0.15, 0.2) is 11.8 Å². The van der Waals surface area contributed by atoms with Gasteiger partial charge in [0.1, 0.15) is 5.82 Å². The standard InChI is InChI=1S/C35H48N4O5.H2S/c1-9-13-26-14-12-15-27(21-26)23-41-24-28-22-29-36-25(4)30(31(33(40)42-11-3)44-34(5,6)7)32(39(29)37-28)38-18-16-35(8,17-19-38)43-20-10-2;/h9-10,12,14-15,21-22,31H,1-2,11,13,16-20,23-24H2,3-8H3;1H2/t31-;/m0./s1. The number of hydrogen-bond donors (Lipinski definition) is 0. The molecule has 246 valence electrons. The molecule has 0 N–H and O–H groups in total. The van der Waals surface area contributed by atoms with Gasteiger partial charge >= 0.3 is 5.97 Å². The molecule has 0 aliphatic carbocycles. The van der Waals surface area contributed by atoms with E-state index in [0.717, 1.165) is 36.3 Å². The number of carbonyl (C=O) groups excluding carboxylic acids is 1. The van der Waals surface area contributed by atoms with Crippen LogP contribution in [-0.2, 0) is 43.4 Å². The molecule has 1 aliphatic heterocycles. The molecule has 9 nitrogen and oxygen atoms in total. The van der Waals surface area contributed by atoms with Crippen molar-refractivity contribution in [2.75, 3.05) is 31.2 Å². The topological polar surface area (TPSA) is 87.4 Å². The Morgan fingerprint density at radius 1 is 1.11 bits per heavy atom. The predicted octanol–water partition coefficient (Wildman–Crippen LogP) is 6.58. The van der Waals surface area contributed by atoms with Gasteiger partial charge < -0.3 is 23.8 Å². The summed E-state index contributed by atoms with van der Waals surface area (Å²) in [5.74, 6) is 0.336. The van der Waals surface area contributed by atoms with Crippen molar-refractivity contribution in [1.29, 1.82) is 0 Å². The Labute approximate surface area is 275 Å². The van der Waals surface area contributed by atoms with Crippen LogP contribution in [0.1, 0.15) is 81.6 Å². The molecule has 1 fully saturated rings. The van der Waals surface area contributed by atoms with E-state index >= 15 is 0 Å². The van der Waals surface area contributed by atoms with E-state index in [1.165, 1.54) is 5.56 Å². The van der Waals surface area contributed by atoms with Crippen LogP contribution in [0.3, 0.4) is 0 Å². The van der Waals surface area contributed by atoms with Gasteiger partial charge in [0.25, 0.3) is 0 Å². The molecule has 1 saturated heterocycles. The molecule has 1 aliphatic rings. The molecule has 0 amide bonds. The summed E-state index contributed by atoms with van der Waals surface area (Å²) in [6.45, 7) is 22.2. The fourth-order valence-corrected chi connectivity index (χ4v) is 5.52. The van der Waals surface area contributed by atoms with Crippen LogP contribution >= 0.6 is 13.5 Å². The maximum atomic E-state index is 13.4. The average molecular weight is 639 g/mol. The summed E-state index contributed by atoms with van der Waals surface area (Å²) in [5.41, 5.74) is 4.21. The first kappa shape index (κ1) is 36.3. The lowest BCUT2D eigenvalue weighted by Gasteiger charge is -2.41.